The summed E-state index contributed by atoms with van der Waals surface area (Å²) >= 11 is 0. The lowest BCUT2D eigenvalue weighted by Gasteiger charge is -2.36. The van der Waals surface area contributed by atoms with Crippen LogP contribution in [0.2, 0.25) is 0 Å². The molecule has 140 valence electrons. The van der Waals surface area contributed by atoms with Gasteiger partial charge in [-0.1, -0.05) is 49.4 Å². The zero-order valence-electron chi connectivity index (χ0n) is 15.5. The molecule has 1 aliphatic heterocycles. The Morgan fingerprint density at radius 2 is 1.88 bits per heavy atom. The summed E-state index contributed by atoms with van der Waals surface area (Å²) in [4.78, 5) is 14.7. The second-order valence-corrected chi connectivity index (χ2v) is 9.50. The molecule has 2 atom stereocenters. The van der Waals surface area contributed by atoms with Crippen molar-refractivity contribution < 1.29 is 13.2 Å². The van der Waals surface area contributed by atoms with E-state index in [1.54, 1.807) is 11.8 Å². The normalized spacial score (nSPS) is 19.5. The summed E-state index contributed by atoms with van der Waals surface area (Å²) in [5.74, 6) is -0.344. The molecular weight excluding hydrogens is 346 g/mol. The van der Waals surface area contributed by atoms with Gasteiger partial charge in [0.05, 0.1) is 5.75 Å². The molecule has 3 rings (SSSR count). The number of amides is 1. The van der Waals surface area contributed by atoms with Crippen molar-refractivity contribution in [2.24, 2.45) is 0 Å². The smallest absolute Gasteiger partial charge is 0.240 e. The Bertz CT molecular complexity index is 886. The minimum atomic E-state index is -3.58. The average molecular weight is 374 g/mol. The lowest BCUT2D eigenvalue weighted by Crippen LogP contribution is -2.49. The first-order valence-corrected chi connectivity index (χ1v) is 11.1. The number of benzene rings is 2. The molecule has 2 aromatic carbocycles. The topological polar surface area (TPSA) is 54.5 Å². The highest BCUT2D eigenvalue weighted by Gasteiger charge is 2.35. The van der Waals surface area contributed by atoms with E-state index in [1.807, 2.05) is 42.5 Å². The summed E-state index contributed by atoms with van der Waals surface area (Å²) in [5, 5.41) is 0.942. The summed E-state index contributed by atoms with van der Waals surface area (Å²) in [6.07, 6.45) is 3.91. The van der Waals surface area contributed by atoms with E-state index in [0.29, 0.717) is 6.54 Å². The van der Waals surface area contributed by atoms with Crippen LogP contribution >= 0.6 is 0 Å². The molecule has 0 aromatic heterocycles. The number of sulfone groups is 1. The van der Waals surface area contributed by atoms with Gasteiger partial charge in [0, 0.05) is 12.6 Å². The van der Waals surface area contributed by atoms with Crippen molar-refractivity contribution in [3.8, 4) is 0 Å². The maximum atomic E-state index is 13.0. The highest BCUT2D eigenvalue weighted by atomic mass is 32.2. The van der Waals surface area contributed by atoms with Gasteiger partial charge >= 0.3 is 0 Å². The third kappa shape index (κ3) is 3.78. The lowest BCUT2D eigenvalue weighted by molar-refractivity contribution is -0.134. The monoisotopic (exact) mass is 373 g/mol. The van der Waals surface area contributed by atoms with Crippen molar-refractivity contribution in [3.05, 3.63) is 48.0 Å². The fourth-order valence-corrected chi connectivity index (χ4v) is 5.24. The van der Waals surface area contributed by atoms with E-state index >= 15 is 0 Å². The van der Waals surface area contributed by atoms with Crippen LogP contribution < -0.4 is 0 Å². The molecule has 0 saturated carbocycles. The third-order valence-electron chi connectivity index (χ3n) is 5.50. The predicted molar refractivity (Wildman–Crippen MR) is 106 cm³/mol. The first-order valence-electron chi connectivity index (χ1n) is 9.42. The number of carbonyl (C=O) groups excluding carboxylic acids is 1. The molecular formula is C21H27NO3S. The Labute approximate surface area is 156 Å². The average Bonchev–Trinajstić information content (AvgIpc) is 2.67. The number of nitrogens with zero attached hydrogens (tertiary/aromatic N) is 1. The number of hydrogen-bond donors (Lipinski definition) is 0. The minimum Gasteiger partial charge on any atom is -0.339 e. The first kappa shape index (κ1) is 18.9. The van der Waals surface area contributed by atoms with Crippen molar-refractivity contribution in [1.82, 2.24) is 4.90 Å². The van der Waals surface area contributed by atoms with E-state index < -0.39 is 15.1 Å². The summed E-state index contributed by atoms with van der Waals surface area (Å²) in [6.45, 7) is 4.28. The van der Waals surface area contributed by atoms with Gasteiger partial charge in [0.2, 0.25) is 5.91 Å². The highest BCUT2D eigenvalue weighted by Crippen LogP contribution is 2.25. The van der Waals surface area contributed by atoms with E-state index in [0.717, 1.165) is 42.0 Å². The largest absolute Gasteiger partial charge is 0.339 e. The summed E-state index contributed by atoms with van der Waals surface area (Å²) in [6, 6.07) is 13.6. The Kier molecular flexibility index (Phi) is 5.66. The number of hydrogen-bond acceptors (Lipinski definition) is 3. The molecule has 4 nitrogen and oxygen atoms in total. The number of rotatable bonds is 5. The van der Waals surface area contributed by atoms with Crippen LogP contribution in [0.5, 0.6) is 0 Å². The molecule has 0 N–H and O–H groups in total. The number of fused-ring (bicyclic) bond motifs is 1. The molecule has 2 aromatic rings. The highest BCUT2D eigenvalue weighted by molar-refractivity contribution is 7.92. The van der Waals surface area contributed by atoms with Crippen molar-refractivity contribution in [2.45, 2.75) is 56.6 Å². The van der Waals surface area contributed by atoms with Crippen molar-refractivity contribution >= 4 is 26.5 Å². The van der Waals surface area contributed by atoms with Crippen LogP contribution in [-0.2, 0) is 20.4 Å². The van der Waals surface area contributed by atoms with Gasteiger partial charge in [-0.15, -0.1) is 0 Å². The fourth-order valence-electron chi connectivity index (χ4n) is 3.86. The van der Waals surface area contributed by atoms with Crippen LogP contribution in [0.15, 0.2) is 42.5 Å². The molecule has 0 aliphatic carbocycles. The molecule has 2 unspecified atom stereocenters. The molecule has 26 heavy (non-hydrogen) atoms. The summed E-state index contributed by atoms with van der Waals surface area (Å²) < 4.78 is 26.0. The Hall–Kier alpha value is -1.88. The molecule has 0 radical (unpaired) electrons. The van der Waals surface area contributed by atoms with Gasteiger partial charge < -0.3 is 4.90 Å². The van der Waals surface area contributed by atoms with Gasteiger partial charge in [0.15, 0.2) is 9.84 Å². The van der Waals surface area contributed by atoms with Gasteiger partial charge in [-0.05, 0) is 48.9 Å². The second kappa shape index (κ2) is 7.78. The van der Waals surface area contributed by atoms with E-state index in [2.05, 4.69) is 6.92 Å². The van der Waals surface area contributed by atoms with Gasteiger partial charge in [-0.2, -0.15) is 0 Å². The first-order chi connectivity index (χ1) is 12.4. The molecule has 1 fully saturated rings. The van der Waals surface area contributed by atoms with Gasteiger partial charge in [0.25, 0.3) is 0 Å². The van der Waals surface area contributed by atoms with Crippen LogP contribution in [0.1, 0.15) is 45.1 Å². The Morgan fingerprint density at radius 3 is 2.65 bits per heavy atom. The van der Waals surface area contributed by atoms with Gasteiger partial charge in [-0.3, -0.25) is 4.79 Å². The molecule has 1 aliphatic rings. The minimum absolute atomic E-state index is 0.105. The van der Waals surface area contributed by atoms with Crippen molar-refractivity contribution in [2.75, 3.05) is 6.54 Å². The third-order valence-corrected chi connectivity index (χ3v) is 7.50. The van der Waals surface area contributed by atoms with E-state index in [1.165, 1.54) is 0 Å². The summed E-state index contributed by atoms with van der Waals surface area (Å²) in [7, 11) is -3.58. The van der Waals surface area contributed by atoms with Crippen LogP contribution in [-0.4, -0.2) is 37.1 Å². The number of carbonyl (C=O) groups is 1. The Morgan fingerprint density at radius 1 is 1.15 bits per heavy atom. The zero-order valence-corrected chi connectivity index (χ0v) is 16.3. The maximum Gasteiger partial charge on any atom is 0.240 e. The van der Waals surface area contributed by atoms with Crippen LogP contribution in [0.4, 0.5) is 0 Å². The Balaban J connectivity index is 1.83. The number of piperidine rings is 1. The molecule has 5 heteroatoms. The van der Waals surface area contributed by atoms with Gasteiger partial charge in [0.1, 0.15) is 5.25 Å². The maximum absolute atomic E-state index is 13.0. The SMILES string of the molecule is CCC1CCCCN1C(=O)C(C)S(=O)(=O)Cc1cccc2ccccc12. The molecule has 0 spiro atoms. The quantitative estimate of drug-likeness (QED) is 0.798. The lowest BCUT2D eigenvalue weighted by atomic mass is 10.00. The van der Waals surface area contributed by atoms with Crippen LogP contribution in [0.3, 0.4) is 0 Å². The molecule has 1 amide bonds. The van der Waals surface area contributed by atoms with E-state index in [4.69, 9.17) is 0 Å². The number of likely N-dealkylation sites (tertiary alicyclic amines) is 1. The molecule has 1 heterocycles. The van der Waals surface area contributed by atoms with Gasteiger partial charge in [-0.25, -0.2) is 8.42 Å². The van der Waals surface area contributed by atoms with Crippen LogP contribution in [0.25, 0.3) is 10.8 Å². The van der Waals surface area contributed by atoms with E-state index in [-0.39, 0.29) is 17.7 Å². The van der Waals surface area contributed by atoms with Crippen molar-refractivity contribution in [3.63, 3.8) is 0 Å². The fraction of sp³-hybridized carbons (Fsp3) is 0.476. The second-order valence-electron chi connectivity index (χ2n) is 7.18. The van der Waals surface area contributed by atoms with Crippen LogP contribution in [0, 0.1) is 0 Å². The van der Waals surface area contributed by atoms with E-state index in [9.17, 15) is 13.2 Å². The summed E-state index contributed by atoms with van der Waals surface area (Å²) in [5.41, 5.74) is 0.758. The zero-order chi connectivity index (χ0) is 18.7. The standard InChI is InChI=1S/C21H27NO3S/c1-3-19-12-6-7-14-22(19)21(23)16(2)26(24,25)15-18-11-8-10-17-9-4-5-13-20(17)18/h4-5,8-11,13,16,19H,3,6-7,12,14-15H2,1-2H3. The molecule has 1 saturated heterocycles. The predicted octanol–water partition coefficient (Wildman–Crippen LogP) is 3.93. The van der Waals surface area contributed by atoms with Crippen molar-refractivity contribution in [1.29, 1.82) is 0 Å². The molecule has 0 bridgehead atoms.